The van der Waals surface area contributed by atoms with Crippen LogP contribution in [0, 0.1) is 5.92 Å². The Balaban J connectivity index is 1.99. The van der Waals surface area contributed by atoms with Crippen molar-refractivity contribution in [2.75, 3.05) is 13.2 Å². The van der Waals surface area contributed by atoms with E-state index in [0.717, 1.165) is 31.2 Å². The lowest BCUT2D eigenvalue weighted by Crippen LogP contribution is -2.32. The van der Waals surface area contributed by atoms with Gasteiger partial charge < -0.3 is 10.1 Å². The molecule has 1 aromatic rings. The SMILES string of the molecule is CCCNC(CCC(C)C)CC1CCOc2ccccc21. The van der Waals surface area contributed by atoms with E-state index >= 15 is 0 Å². The number of fused-ring (bicyclic) bond motifs is 1. The van der Waals surface area contributed by atoms with Crippen LogP contribution in [0.25, 0.3) is 0 Å². The zero-order chi connectivity index (χ0) is 15.1. The molecule has 118 valence electrons. The third-order valence-electron chi connectivity index (χ3n) is 4.43. The zero-order valence-corrected chi connectivity index (χ0v) is 13.9. The Bertz CT molecular complexity index is 416. The second kappa shape index (κ2) is 8.43. The van der Waals surface area contributed by atoms with E-state index in [1.54, 1.807) is 0 Å². The van der Waals surface area contributed by atoms with Crippen molar-refractivity contribution in [1.82, 2.24) is 5.32 Å². The standard InChI is InChI=1S/C19H31NO/c1-4-12-20-17(10-9-15(2)3)14-16-11-13-21-19-8-6-5-7-18(16)19/h5-8,15-17,20H,4,9-14H2,1-3H3. The van der Waals surface area contributed by atoms with E-state index in [9.17, 15) is 0 Å². The lowest BCUT2D eigenvalue weighted by atomic mass is 9.85. The van der Waals surface area contributed by atoms with Gasteiger partial charge in [0.1, 0.15) is 5.75 Å². The molecule has 1 aromatic carbocycles. The van der Waals surface area contributed by atoms with Crippen molar-refractivity contribution in [2.24, 2.45) is 5.92 Å². The maximum atomic E-state index is 5.79. The van der Waals surface area contributed by atoms with Crippen LogP contribution in [0.4, 0.5) is 0 Å². The van der Waals surface area contributed by atoms with E-state index in [1.807, 2.05) is 0 Å². The summed E-state index contributed by atoms with van der Waals surface area (Å²) in [6, 6.07) is 9.22. The molecule has 2 atom stereocenters. The summed E-state index contributed by atoms with van der Waals surface area (Å²) in [6.45, 7) is 8.89. The van der Waals surface area contributed by atoms with Crippen LogP contribution in [-0.2, 0) is 0 Å². The van der Waals surface area contributed by atoms with Gasteiger partial charge in [-0.1, -0.05) is 39.0 Å². The van der Waals surface area contributed by atoms with E-state index in [0.29, 0.717) is 12.0 Å². The maximum Gasteiger partial charge on any atom is 0.122 e. The van der Waals surface area contributed by atoms with Crippen LogP contribution >= 0.6 is 0 Å². The fraction of sp³-hybridized carbons (Fsp3) is 0.684. The Kier molecular flexibility index (Phi) is 6.56. The smallest absolute Gasteiger partial charge is 0.122 e. The third-order valence-corrected chi connectivity index (χ3v) is 4.43. The molecular weight excluding hydrogens is 258 g/mol. The van der Waals surface area contributed by atoms with Crippen molar-refractivity contribution in [3.63, 3.8) is 0 Å². The van der Waals surface area contributed by atoms with Gasteiger partial charge in [0.05, 0.1) is 6.61 Å². The first-order valence-corrected chi connectivity index (χ1v) is 8.65. The summed E-state index contributed by atoms with van der Waals surface area (Å²) in [5, 5.41) is 3.76. The van der Waals surface area contributed by atoms with Crippen molar-refractivity contribution in [2.45, 2.75) is 64.8 Å². The third kappa shape index (κ3) is 5.03. The van der Waals surface area contributed by atoms with E-state index < -0.39 is 0 Å². The van der Waals surface area contributed by atoms with Crippen molar-refractivity contribution in [3.8, 4) is 5.75 Å². The Morgan fingerprint density at radius 2 is 2.05 bits per heavy atom. The highest BCUT2D eigenvalue weighted by atomic mass is 16.5. The van der Waals surface area contributed by atoms with Crippen LogP contribution in [-0.4, -0.2) is 19.2 Å². The molecule has 0 spiro atoms. The number of hydrogen-bond acceptors (Lipinski definition) is 2. The molecule has 1 N–H and O–H groups in total. The highest BCUT2D eigenvalue weighted by molar-refractivity contribution is 5.37. The molecule has 0 bridgehead atoms. The van der Waals surface area contributed by atoms with Gasteiger partial charge in [-0.2, -0.15) is 0 Å². The van der Waals surface area contributed by atoms with E-state index in [-0.39, 0.29) is 0 Å². The minimum atomic E-state index is 0.642. The number of nitrogens with one attached hydrogen (secondary N) is 1. The highest BCUT2D eigenvalue weighted by Gasteiger charge is 2.24. The van der Waals surface area contributed by atoms with Crippen molar-refractivity contribution >= 4 is 0 Å². The molecule has 21 heavy (non-hydrogen) atoms. The van der Waals surface area contributed by atoms with Crippen molar-refractivity contribution < 1.29 is 4.74 Å². The molecule has 2 unspecified atom stereocenters. The number of para-hydroxylation sites is 1. The first-order valence-electron chi connectivity index (χ1n) is 8.65. The van der Waals surface area contributed by atoms with Crippen LogP contribution in [0.2, 0.25) is 0 Å². The molecule has 2 heteroatoms. The molecule has 1 heterocycles. The van der Waals surface area contributed by atoms with Gasteiger partial charge >= 0.3 is 0 Å². The molecule has 1 aliphatic heterocycles. The van der Waals surface area contributed by atoms with Gasteiger partial charge in [0.2, 0.25) is 0 Å². The minimum Gasteiger partial charge on any atom is -0.493 e. The largest absolute Gasteiger partial charge is 0.493 e. The molecule has 0 radical (unpaired) electrons. The van der Waals surface area contributed by atoms with Crippen LogP contribution in [0.15, 0.2) is 24.3 Å². The zero-order valence-electron chi connectivity index (χ0n) is 13.9. The number of ether oxygens (including phenoxy) is 1. The Morgan fingerprint density at radius 3 is 2.81 bits per heavy atom. The van der Waals surface area contributed by atoms with Gasteiger partial charge in [-0.15, -0.1) is 0 Å². The van der Waals surface area contributed by atoms with E-state index in [2.05, 4.69) is 50.4 Å². The maximum absolute atomic E-state index is 5.79. The molecule has 2 nitrogen and oxygen atoms in total. The predicted molar refractivity (Wildman–Crippen MR) is 90.1 cm³/mol. The summed E-state index contributed by atoms with van der Waals surface area (Å²) in [6.07, 6.45) is 6.21. The average molecular weight is 289 g/mol. The summed E-state index contributed by atoms with van der Waals surface area (Å²) in [7, 11) is 0. The monoisotopic (exact) mass is 289 g/mol. The Hall–Kier alpha value is -1.02. The quantitative estimate of drug-likeness (QED) is 0.746. The summed E-state index contributed by atoms with van der Waals surface area (Å²) >= 11 is 0. The molecule has 1 aliphatic rings. The molecular formula is C19H31NO. The lowest BCUT2D eigenvalue weighted by molar-refractivity contribution is 0.251. The number of hydrogen-bond donors (Lipinski definition) is 1. The van der Waals surface area contributed by atoms with Gasteiger partial charge in [0.25, 0.3) is 0 Å². The molecule has 0 amide bonds. The topological polar surface area (TPSA) is 21.3 Å². The van der Waals surface area contributed by atoms with Crippen LogP contribution < -0.4 is 10.1 Å². The molecule has 0 saturated carbocycles. The molecule has 0 aromatic heterocycles. The lowest BCUT2D eigenvalue weighted by Gasteiger charge is -2.30. The van der Waals surface area contributed by atoms with Gasteiger partial charge in [-0.05, 0) is 62.1 Å². The van der Waals surface area contributed by atoms with Crippen molar-refractivity contribution in [1.29, 1.82) is 0 Å². The van der Waals surface area contributed by atoms with Gasteiger partial charge in [0.15, 0.2) is 0 Å². The Morgan fingerprint density at radius 1 is 1.24 bits per heavy atom. The second-order valence-corrected chi connectivity index (χ2v) is 6.73. The fourth-order valence-corrected chi connectivity index (χ4v) is 3.19. The van der Waals surface area contributed by atoms with E-state index in [4.69, 9.17) is 4.74 Å². The number of benzene rings is 1. The fourth-order valence-electron chi connectivity index (χ4n) is 3.19. The van der Waals surface area contributed by atoms with Gasteiger partial charge in [-0.3, -0.25) is 0 Å². The summed E-state index contributed by atoms with van der Waals surface area (Å²) in [4.78, 5) is 0. The van der Waals surface area contributed by atoms with Crippen LogP contribution in [0.1, 0.15) is 64.4 Å². The number of rotatable bonds is 8. The molecule has 2 rings (SSSR count). The Labute approximate surface area is 130 Å². The first-order chi connectivity index (χ1) is 10.2. The molecule has 0 aliphatic carbocycles. The molecule has 0 saturated heterocycles. The molecule has 0 fully saturated rings. The van der Waals surface area contributed by atoms with Crippen LogP contribution in [0.5, 0.6) is 5.75 Å². The van der Waals surface area contributed by atoms with E-state index in [1.165, 1.54) is 31.2 Å². The summed E-state index contributed by atoms with van der Waals surface area (Å²) in [5.74, 6) is 2.54. The van der Waals surface area contributed by atoms with Crippen molar-refractivity contribution in [3.05, 3.63) is 29.8 Å². The predicted octanol–water partition coefficient (Wildman–Crippen LogP) is 4.75. The second-order valence-electron chi connectivity index (χ2n) is 6.73. The summed E-state index contributed by atoms with van der Waals surface area (Å²) < 4.78 is 5.79. The average Bonchev–Trinajstić information content (AvgIpc) is 2.50. The van der Waals surface area contributed by atoms with Gasteiger partial charge in [0, 0.05) is 6.04 Å². The van der Waals surface area contributed by atoms with Gasteiger partial charge in [-0.25, -0.2) is 0 Å². The minimum absolute atomic E-state index is 0.642. The highest BCUT2D eigenvalue weighted by Crippen LogP contribution is 2.36. The summed E-state index contributed by atoms with van der Waals surface area (Å²) in [5.41, 5.74) is 1.41. The first kappa shape index (κ1) is 16.4. The normalized spacial score (nSPS) is 19.1. The van der Waals surface area contributed by atoms with Crippen LogP contribution in [0.3, 0.4) is 0 Å².